The maximum Gasteiger partial charge on any atom is 0.338 e. The fraction of sp³-hybridized carbons (Fsp3) is 0.179. The summed E-state index contributed by atoms with van der Waals surface area (Å²) in [5.74, 6) is 0.597. The van der Waals surface area contributed by atoms with Crippen LogP contribution in [0.3, 0.4) is 0 Å². The first-order valence-corrected chi connectivity index (χ1v) is 13.1. The molecule has 1 heterocycles. The van der Waals surface area contributed by atoms with Crippen LogP contribution in [0.4, 0.5) is 5.69 Å². The van der Waals surface area contributed by atoms with Crippen LogP contribution < -0.4 is 9.47 Å². The normalized spacial score (nSPS) is 15.4. The predicted molar refractivity (Wildman–Crippen MR) is 149 cm³/mol. The van der Waals surface area contributed by atoms with E-state index in [4.69, 9.17) is 14.2 Å². The zero-order valence-electron chi connectivity index (χ0n) is 20.6. The summed E-state index contributed by atoms with van der Waals surface area (Å²) in [4.78, 5) is 31.4. The number of amidine groups is 1. The lowest BCUT2D eigenvalue weighted by molar-refractivity contribution is -0.121. The Morgan fingerprint density at radius 2 is 1.84 bits per heavy atom. The summed E-state index contributed by atoms with van der Waals surface area (Å²) < 4.78 is 17.3. The predicted octanol–water partition coefficient (Wildman–Crippen LogP) is 6.45. The Hall–Kier alpha value is -3.56. The van der Waals surface area contributed by atoms with Gasteiger partial charge in [0.1, 0.15) is 6.61 Å². The second kappa shape index (κ2) is 12.1. The van der Waals surface area contributed by atoms with Crippen LogP contribution in [-0.2, 0) is 16.1 Å². The fourth-order valence-electron chi connectivity index (χ4n) is 3.49. The van der Waals surface area contributed by atoms with Gasteiger partial charge in [-0.25, -0.2) is 9.79 Å². The Balaban J connectivity index is 1.53. The number of thioether (sulfide) groups is 1. The second-order valence-electron chi connectivity index (χ2n) is 7.94. The second-order valence-corrected chi connectivity index (χ2v) is 9.81. The molecule has 9 heteroatoms. The standard InChI is InChI=1S/C28H25BrN2O5S/c1-4-35-27(33)20-10-12-21(13-11-20)30-28-31(2)26(32)24(37-28)16-19-14-22(29)25(23(15-19)34-3)36-17-18-8-6-5-7-9-18/h5-16H,4,17H2,1-3H3/b24-16-,30-28?. The van der Waals surface area contributed by atoms with Gasteiger partial charge < -0.3 is 14.2 Å². The average Bonchev–Trinajstić information content (AvgIpc) is 3.16. The van der Waals surface area contributed by atoms with E-state index in [-0.39, 0.29) is 11.9 Å². The van der Waals surface area contributed by atoms with E-state index >= 15 is 0 Å². The molecule has 3 aromatic rings. The molecule has 1 aliphatic heterocycles. The summed E-state index contributed by atoms with van der Waals surface area (Å²) in [5, 5.41) is 0.536. The number of likely N-dealkylation sites (N-methyl/N-ethyl adjacent to an activating group) is 1. The van der Waals surface area contributed by atoms with Gasteiger partial charge in [-0.3, -0.25) is 9.69 Å². The Morgan fingerprint density at radius 3 is 2.51 bits per heavy atom. The zero-order valence-corrected chi connectivity index (χ0v) is 23.0. The molecule has 190 valence electrons. The molecular formula is C28H25BrN2O5S. The molecule has 0 spiro atoms. The van der Waals surface area contributed by atoms with Gasteiger partial charge >= 0.3 is 5.97 Å². The van der Waals surface area contributed by atoms with E-state index in [1.807, 2.05) is 42.5 Å². The summed E-state index contributed by atoms with van der Waals surface area (Å²) in [6.45, 7) is 2.47. The van der Waals surface area contributed by atoms with E-state index in [2.05, 4.69) is 20.9 Å². The molecule has 0 radical (unpaired) electrons. The van der Waals surface area contributed by atoms with Gasteiger partial charge in [-0.2, -0.15) is 0 Å². The van der Waals surface area contributed by atoms with Crippen molar-refractivity contribution in [3.63, 3.8) is 0 Å². The summed E-state index contributed by atoms with van der Waals surface area (Å²) in [7, 11) is 3.26. The molecule has 3 aromatic carbocycles. The highest BCUT2D eigenvalue weighted by molar-refractivity contribution is 9.10. The van der Waals surface area contributed by atoms with E-state index < -0.39 is 0 Å². The molecule has 0 atom stereocenters. The number of amides is 1. The van der Waals surface area contributed by atoms with Crippen molar-refractivity contribution in [1.82, 2.24) is 4.90 Å². The average molecular weight is 581 g/mol. The maximum absolute atomic E-state index is 12.9. The summed E-state index contributed by atoms with van der Waals surface area (Å²) in [6.07, 6.45) is 1.80. The number of carbonyl (C=O) groups is 2. The minimum atomic E-state index is -0.382. The lowest BCUT2D eigenvalue weighted by atomic mass is 10.1. The van der Waals surface area contributed by atoms with Gasteiger partial charge in [0.05, 0.1) is 34.3 Å². The molecule has 0 aromatic heterocycles. The lowest BCUT2D eigenvalue weighted by Gasteiger charge is -2.14. The van der Waals surface area contributed by atoms with Crippen LogP contribution >= 0.6 is 27.7 Å². The molecule has 1 fully saturated rings. The molecule has 1 aliphatic rings. The van der Waals surface area contributed by atoms with Gasteiger partial charge in [0.25, 0.3) is 5.91 Å². The maximum atomic E-state index is 12.9. The van der Waals surface area contributed by atoms with Gasteiger partial charge in [0.2, 0.25) is 0 Å². The highest BCUT2D eigenvalue weighted by Crippen LogP contribution is 2.39. The number of nitrogens with zero attached hydrogens (tertiary/aromatic N) is 2. The number of methoxy groups -OCH3 is 1. The molecule has 4 rings (SSSR count). The van der Waals surface area contributed by atoms with Crippen LogP contribution in [0.15, 0.2) is 81.1 Å². The third-order valence-corrected chi connectivity index (χ3v) is 7.03. The third kappa shape index (κ3) is 6.42. The summed E-state index contributed by atoms with van der Waals surface area (Å²) in [6, 6.07) is 20.3. The third-order valence-electron chi connectivity index (χ3n) is 5.38. The lowest BCUT2D eigenvalue weighted by Crippen LogP contribution is -2.23. The number of hydrogen-bond donors (Lipinski definition) is 0. The molecule has 37 heavy (non-hydrogen) atoms. The summed E-state index contributed by atoms with van der Waals surface area (Å²) >= 11 is 4.85. The van der Waals surface area contributed by atoms with Crippen molar-refractivity contribution in [2.75, 3.05) is 20.8 Å². The van der Waals surface area contributed by atoms with Crippen molar-refractivity contribution < 1.29 is 23.8 Å². The number of esters is 1. The SMILES string of the molecule is CCOC(=O)c1ccc(N=C2S/C(=C\c3cc(Br)c(OCc4ccccc4)c(OC)c3)C(=O)N2C)cc1. The molecule has 0 unspecified atom stereocenters. The van der Waals surface area contributed by atoms with Crippen molar-refractivity contribution in [3.05, 3.63) is 92.8 Å². The number of ether oxygens (including phenoxy) is 3. The molecule has 1 amide bonds. The van der Waals surface area contributed by atoms with Gasteiger partial charge in [-0.1, -0.05) is 30.3 Å². The minimum Gasteiger partial charge on any atom is -0.493 e. The van der Waals surface area contributed by atoms with Gasteiger partial charge in [0, 0.05) is 7.05 Å². The Bertz CT molecular complexity index is 1360. The monoisotopic (exact) mass is 580 g/mol. The molecule has 7 nitrogen and oxygen atoms in total. The van der Waals surface area contributed by atoms with Gasteiger partial charge in [0.15, 0.2) is 16.7 Å². The molecule has 0 aliphatic carbocycles. The van der Waals surface area contributed by atoms with Crippen molar-refractivity contribution in [2.24, 2.45) is 4.99 Å². The molecule has 0 saturated carbocycles. The van der Waals surface area contributed by atoms with Gasteiger partial charge in [-0.15, -0.1) is 0 Å². The van der Waals surface area contributed by atoms with Crippen LogP contribution in [0.25, 0.3) is 6.08 Å². The highest BCUT2D eigenvalue weighted by atomic mass is 79.9. The highest BCUT2D eigenvalue weighted by Gasteiger charge is 2.30. The van der Waals surface area contributed by atoms with Crippen molar-refractivity contribution in [2.45, 2.75) is 13.5 Å². The molecule has 0 N–H and O–H groups in total. The molecule has 0 bridgehead atoms. The molecule has 1 saturated heterocycles. The van der Waals surface area contributed by atoms with E-state index in [9.17, 15) is 9.59 Å². The number of hydrogen-bond acceptors (Lipinski definition) is 7. The van der Waals surface area contributed by atoms with Crippen LogP contribution in [0.5, 0.6) is 11.5 Å². The van der Waals surface area contributed by atoms with E-state index in [1.165, 1.54) is 16.7 Å². The first-order valence-electron chi connectivity index (χ1n) is 11.5. The Labute approximate surface area is 228 Å². The minimum absolute atomic E-state index is 0.161. The van der Waals surface area contributed by atoms with E-state index in [1.54, 1.807) is 51.4 Å². The van der Waals surface area contributed by atoms with E-state index in [0.717, 1.165) is 11.1 Å². The van der Waals surface area contributed by atoms with E-state index in [0.29, 0.717) is 50.5 Å². The number of carbonyl (C=O) groups excluding carboxylic acids is 2. The number of benzene rings is 3. The van der Waals surface area contributed by atoms with Gasteiger partial charge in [-0.05, 0) is 88.2 Å². The van der Waals surface area contributed by atoms with Crippen LogP contribution in [-0.4, -0.2) is 42.7 Å². The largest absolute Gasteiger partial charge is 0.493 e. The van der Waals surface area contributed by atoms with Crippen LogP contribution in [0.1, 0.15) is 28.4 Å². The van der Waals surface area contributed by atoms with Crippen LogP contribution in [0.2, 0.25) is 0 Å². The van der Waals surface area contributed by atoms with Crippen molar-refractivity contribution in [1.29, 1.82) is 0 Å². The van der Waals surface area contributed by atoms with Crippen LogP contribution in [0, 0.1) is 0 Å². The first-order chi connectivity index (χ1) is 17.9. The number of rotatable bonds is 8. The molecular weight excluding hydrogens is 556 g/mol. The van der Waals surface area contributed by atoms with Crippen molar-refractivity contribution in [3.8, 4) is 11.5 Å². The first kappa shape index (κ1) is 26.5. The summed E-state index contributed by atoms with van der Waals surface area (Å²) in [5.41, 5.74) is 2.90. The van der Waals surface area contributed by atoms with Crippen molar-refractivity contribution >= 4 is 56.5 Å². The Morgan fingerprint density at radius 1 is 1.11 bits per heavy atom. The fourth-order valence-corrected chi connectivity index (χ4v) is 5.05. The number of halogens is 1. The Kier molecular flexibility index (Phi) is 8.68. The number of aliphatic imine (C=N–C) groups is 1. The quantitative estimate of drug-likeness (QED) is 0.225. The smallest absolute Gasteiger partial charge is 0.338 e. The topological polar surface area (TPSA) is 77.4 Å². The zero-order chi connectivity index (χ0) is 26.4.